The molecule has 1 amide bonds. The average molecular weight is 343 g/mol. The van der Waals surface area contributed by atoms with Crippen molar-refractivity contribution in [3.8, 4) is 0 Å². The molecule has 124 valence electrons. The van der Waals surface area contributed by atoms with Crippen LogP contribution in [0.15, 0.2) is 36.9 Å². The zero-order valence-corrected chi connectivity index (χ0v) is 13.9. The summed E-state index contributed by atoms with van der Waals surface area (Å²) in [6, 6.07) is 5.99. The molecule has 1 aliphatic carbocycles. The first-order valence-corrected chi connectivity index (χ1v) is 8.58. The van der Waals surface area contributed by atoms with Crippen molar-refractivity contribution in [2.24, 2.45) is 0 Å². The van der Waals surface area contributed by atoms with Gasteiger partial charge in [-0.3, -0.25) is 19.8 Å². The molecule has 6 nitrogen and oxygen atoms in total. The van der Waals surface area contributed by atoms with Gasteiger partial charge in [0.2, 0.25) is 0 Å². The first-order chi connectivity index (χ1) is 11.6. The van der Waals surface area contributed by atoms with Gasteiger partial charge in [0.25, 0.3) is 11.6 Å². The van der Waals surface area contributed by atoms with Gasteiger partial charge in [-0.05, 0) is 31.7 Å². The predicted octanol–water partition coefficient (Wildman–Crippen LogP) is 3.76. The third-order valence-corrected chi connectivity index (χ3v) is 5.13. The van der Waals surface area contributed by atoms with Crippen LogP contribution in [0.3, 0.4) is 0 Å². The summed E-state index contributed by atoms with van der Waals surface area (Å²) in [7, 11) is 0. The molecule has 1 heterocycles. The van der Waals surface area contributed by atoms with Gasteiger partial charge in [-0.15, -0.1) is 17.9 Å². The molecule has 0 saturated heterocycles. The van der Waals surface area contributed by atoms with E-state index in [1.54, 1.807) is 18.2 Å². The second-order valence-electron chi connectivity index (χ2n) is 5.55. The quantitative estimate of drug-likeness (QED) is 0.470. The Kier molecular flexibility index (Phi) is 4.71. The Labute approximate surface area is 143 Å². The van der Waals surface area contributed by atoms with E-state index in [-0.39, 0.29) is 17.8 Å². The molecule has 0 N–H and O–H groups in total. The molecule has 0 fully saturated rings. The van der Waals surface area contributed by atoms with Gasteiger partial charge in [0.1, 0.15) is 5.56 Å². The first-order valence-electron chi connectivity index (χ1n) is 7.76. The van der Waals surface area contributed by atoms with Crippen LogP contribution >= 0.6 is 11.3 Å². The maximum Gasteiger partial charge on any atom is 0.282 e. The average Bonchev–Trinajstić information content (AvgIpc) is 3.02. The van der Waals surface area contributed by atoms with E-state index < -0.39 is 10.8 Å². The van der Waals surface area contributed by atoms with E-state index in [0.29, 0.717) is 5.13 Å². The van der Waals surface area contributed by atoms with E-state index in [9.17, 15) is 14.9 Å². The Morgan fingerprint density at radius 1 is 1.38 bits per heavy atom. The van der Waals surface area contributed by atoms with Crippen molar-refractivity contribution in [1.29, 1.82) is 0 Å². The van der Waals surface area contributed by atoms with Crippen LogP contribution in [0.1, 0.15) is 33.8 Å². The molecule has 24 heavy (non-hydrogen) atoms. The van der Waals surface area contributed by atoms with Crippen LogP contribution in [-0.2, 0) is 12.8 Å². The normalized spacial score (nSPS) is 13.2. The summed E-state index contributed by atoms with van der Waals surface area (Å²) in [4.78, 5) is 30.9. The molecule has 1 aromatic carbocycles. The number of aromatic nitrogens is 1. The molecular weight excluding hydrogens is 326 g/mol. The molecule has 2 aromatic rings. The predicted molar refractivity (Wildman–Crippen MR) is 93.7 cm³/mol. The fourth-order valence-electron chi connectivity index (χ4n) is 2.79. The zero-order chi connectivity index (χ0) is 17.1. The van der Waals surface area contributed by atoms with E-state index in [4.69, 9.17) is 0 Å². The van der Waals surface area contributed by atoms with Crippen LogP contribution in [0.25, 0.3) is 0 Å². The highest BCUT2D eigenvalue weighted by atomic mass is 32.1. The van der Waals surface area contributed by atoms with Gasteiger partial charge in [-0.1, -0.05) is 18.2 Å². The van der Waals surface area contributed by atoms with E-state index in [1.165, 1.54) is 33.2 Å². The lowest BCUT2D eigenvalue weighted by molar-refractivity contribution is -0.385. The van der Waals surface area contributed by atoms with Gasteiger partial charge < -0.3 is 0 Å². The lowest BCUT2D eigenvalue weighted by Gasteiger charge is -2.18. The third-order valence-electron chi connectivity index (χ3n) is 3.95. The summed E-state index contributed by atoms with van der Waals surface area (Å²) < 4.78 is 0. The summed E-state index contributed by atoms with van der Waals surface area (Å²) in [6.07, 6.45) is 5.75. The Hall–Kier alpha value is -2.54. The molecule has 1 aliphatic rings. The van der Waals surface area contributed by atoms with E-state index in [1.807, 2.05) is 0 Å². The van der Waals surface area contributed by atoms with Crippen molar-refractivity contribution in [1.82, 2.24) is 4.98 Å². The fraction of sp³-hybridized carbons (Fsp3) is 0.294. The Morgan fingerprint density at radius 3 is 2.83 bits per heavy atom. The Balaban J connectivity index is 1.99. The van der Waals surface area contributed by atoms with Crippen LogP contribution in [0.2, 0.25) is 0 Å². The maximum absolute atomic E-state index is 12.9. The number of fused-ring (bicyclic) bond motifs is 1. The number of anilines is 1. The summed E-state index contributed by atoms with van der Waals surface area (Å²) in [5.41, 5.74) is 0.918. The van der Waals surface area contributed by atoms with Gasteiger partial charge >= 0.3 is 0 Å². The molecule has 3 rings (SSSR count). The van der Waals surface area contributed by atoms with Crippen molar-refractivity contribution < 1.29 is 9.72 Å². The summed E-state index contributed by atoms with van der Waals surface area (Å²) in [5.74, 6) is -0.423. The minimum absolute atomic E-state index is 0.0671. The van der Waals surface area contributed by atoms with E-state index in [0.717, 1.165) is 31.4 Å². The number of para-hydroxylation sites is 1. The number of aryl methyl sites for hydroxylation is 2. The van der Waals surface area contributed by atoms with Crippen molar-refractivity contribution in [2.45, 2.75) is 25.7 Å². The van der Waals surface area contributed by atoms with Gasteiger partial charge in [-0.2, -0.15) is 0 Å². The van der Waals surface area contributed by atoms with Crippen molar-refractivity contribution in [3.63, 3.8) is 0 Å². The number of benzene rings is 1. The van der Waals surface area contributed by atoms with Crippen molar-refractivity contribution in [3.05, 3.63) is 63.2 Å². The molecule has 0 bridgehead atoms. The van der Waals surface area contributed by atoms with Gasteiger partial charge in [0, 0.05) is 17.5 Å². The molecule has 0 spiro atoms. The summed E-state index contributed by atoms with van der Waals surface area (Å²) in [6.45, 7) is 3.95. The number of hydrogen-bond acceptors (Lipinski definition) is 5. The number of nitrogens with zero attached hydrogens (tertiary/aromatic N) is 3. The van der Waals surface area contributed by atoms with Crippen LogP contribution in [0.5, 0.6) is 0 Å². The number of thiazole rings is 1. The second kappa shape index (κ2) is 6.92. The number of carbonyl (C=O) groups excluding carboxylic acids is 1. The maximum atomic E-state index is 12.9. The van der Waals surface area contributed by atoms with E-state index in [2.05, 4.69) is 11.6 Å². The molecular formula is C17H17N3O3S. The highest BCUT2D eigenvalue weighted by Gasteiger charge is 2.27. The lowest BCUT2D eigenvalue weighted by atomic mass is 10.0. The number of amides is 1. The highest BCUT2D eigenvalue weighted by Crippen LogP contribution is 2.33. The first kappa shape index (κ1) is 16.3. The van der Waals surface area contributed by atoms with Crippen LogP contribution in [0, 0.1) is 10.1 Å². The van der Waals surface area contributed by atoms with Crippen molar-refractivity contribution >= 4 is 28.1 Å². The summed E-state index contributed by atoms with van der Waals surface area (Å²) >= 11 is 1.50. The van der Waals surface area contributed by atoms with Gasteiger partial charge in [0.05, 0.1) is 10.6 Å². The SMILES string of the molecule is C=CCN(C(=O)c1ccccc1[N+](=O)[O-])c1nc2c(s1)CCCC2. The number of hydrogen-bond donors (Lipinski definition) is 0. The van der Waals surface area contributed by atoms with Crippen LogP contribution < -0.4 is 4.90 Å². The molecule has 0 radical (unpaired) electrons. The molecule has 0 unspecified atom stereocenters. The van der Waals surface area contributed by atoms with Crippen LogP contribution in [-0.4, -0.2) is 22.4 Å². The lowest BCUT2D eigenvalue weighted by Crippen LogP contribution is -2.31. The molecule has 0 atom stereocenters. The molecule has 7 heteroatoms. The Bertz CT molecular complexity index is 777. The molecule has 1 aromatic heterocycles. The zero-order valence-electron chi connectivity index (χ0n) is 13.1. The highest BCUT2D eigenvalue weighted by molar-refractivity contribution is 7.16. The Morgan fingerprint density at radius 2 is 2.12 bits per heavy atom. The topological polar surface area (TPSA) is 76.3 Å². The van der Waals surface area contributed by atoms with Gasteiger partial charge in [0.15, 0.2) is 5.13 Å². The van der Waals surface area contributed by atoms with Crippen LogP contribution in [0.4, 0.5) is 10.8 Å². The second-order valence-corrected chi connectivity index (χ2v) is 6.61. The molecule has 0 saturated carbocycles. The van der Waals surface area contributed by atoms with E-state index >= 15 is 0 Å². The van der Waals surface area contributed by atoms with Gasteiger partial charge in [-0.25, -0.2) is 4.98 Å². The number of carbonyl (C=O) groups is 1. The minimum Gasteiger partial charge on any atom is -0.280 e. The summed E-state index contributed by atoms with van der Waals surface area (Å²) in [5, 5.41) is 11.8. The third kappa shape index (κ3) is 3.07. The monoisotopic (exact) mass is 343 g/mol. The molecule has 0 aliphatic heterocycles. The smallest absolute Gasteiger partial charge is 0.280 e. The number of nitro groups is 1. The largest absolute Gasteiger partial charge is 0.282 e. The minimum atomic E-state index is -0.536. The van der Waals surface area contributed by atoms with Crippen molar-refractivity contribution in [2.75, 3.05) is 11.4 Å². The number of nitro benzene ring substituents is 1. The fourth-order valence-corrected chi connectivity index (χ4v) is 3.95. The number of rotatable bonds is 5. The standard InChI is InChI=1S/C17H17N3O3S/c1-2-11-19(17-18-13-8-4-6-10-15(13)24-17)16(21)12-7-3-5-9-14(12)20(22)23/h2-3,5,7,9H,1,4,6,8,10-11H2.